The van der Waals surface area contributed by atoms with E-state index in [1.54, 1.807) is 0 Å². The van der Waals surface area contributed by atoms with Crippen LogP contribution < -0.4 is 10.5 Å². The van der Waals surface area contributed by atoms with E-state index in [2.05, 4.69) is 30.8 Å². The fraction of sp³-hybridized carbons (Fsp3) is 0.100. The van der Waals surface area contributed by atoms with Crippen LogP contribution in [0.25, 0.3) is 0 Å². The van der Waals surface area contributed by atoms with Gasteiger partial charge < -0.3 is 5.73 Å². The molecular formula is C10H10BrFN4O2S. The molecule has 2 aromatic rings. The maximum atomic E-state index is 13.8. The Bertz CT molecular complexity index is 688. The van der Waals surface area contributed by atoms with Crippen molar-refractivity contribution in [2.24, 2.45) is 0 Å². The molecule has 0 saturated heterocycles. The fourth-order valence-electron chi connectivity index (χ4n) is 1.41. The molecule has 9 heteroatoms. The summed E-state index contributed by atoms with van der Waals surface area (Å²) in [6.45, 7) is 0.00465. The number of nitrogen functional groups attached to an aromatic ring is 1. The summed E-state index contributed by atoms with van der Waals surface area (Å²) in [7, 11) is -3.99. The molecular weight excluding hydrogens is 339 g/mol. The van der Waals surface area contributed by atoms with Crippen LogP contribution in [0.15, 0.2) is 33.9 Å². The molecule has 0 spiro atoms. The van der Waals surface area contributed by atoms with Crippen LogP contribution in [-0.4, -0.2) is 18.6 Å². The quantitative estimate of drug-likeness (QED) is 0.726. The van der Waals surface area contributed by atoms with Gasteiger partial charge in [0, 0.05) is 24.0 Å². The van der Waals surface area contributed by atoms with Crippen LogP contribution in [0.5, 0.6) is 0 Å². The molecule has 0 saturated carbocycles. The van der Waals surface area contributed by atoms with Crippen molar-refractivity contribution >= 4 is 31.6 Å². The van der Waals surface area contributed by atoms with Crippen molar-refractivity contribution in [1.82, 2.24) is 14.9 Å². The first-order valence-corrected chi connectivity index (χ1v) is 7.39. The SMILES string of the molecule is Nc1cc(Br)c(F)c(S(=O)(=O)NCc2cn[nH]c2)c1. The van der Waals surface area contributed by atoms with Gasteiger partial charge in [0.25, 0.3) is 0 Å². The highest BCUT2D eigenvalue weighted by molar-refractivity contribution is 9.10. The number of nitrogens with two attached hydrogens (primary N) is 1. The fourth-order valence-corrected chi connectivity index (χ4v) is 3.17. The van der Waals surface area contributed by atoms with E-state index in [4.69, 9.17) is 5.73 Å². The second kappa shape index (κ2) is 5.27. The normalized spacial score (nSPS) is 11.7. The molecule has 0 amide bonds. The van der Waals surface area contributed by atoms with Crippen molar-refractivity contribution in [3.05, 3.63) is 40.4 Å². The summed E-state index contributed by atoms with van der Waals surface area (Å²) in [6.07, 6.45) is 3.00. The monoisotopic (exact) mass is 348 g/mol. The first kappa shape index (κ1) is 14.0. The Hall–Kier alpha value is -1.45. The molecule has 0 aliphatic rings. The van der Waals surface area contributed by atoms with E-state index in [-0.39, 0.29) is 16.7 Å². The Morgan fingerprint density at radius 2 is 2.21 bits per heavy atom. The molecule has 1 aromatic heterocycles. The second-order valence-corrected chi connectivity index (χ2v) is 6.34. The van der Waals surface area contributed by atoms with Gasteiger partial charge in [0.05, 0.1) is 10.7 Å². The number of sulfonamides is 1. The van der Waals surface area contributed by atoms with Crippen molar-refractivity contribution < 1.29 is 12.8 Å². The van der Waals surface area contributed by atoms with Crippen LogP contribution in [0.3, 0.4) is 0 Å². The van der Waals surface area contributed by atoms with E-state index in [9.17, 15) is 12.8 Å². The Balaban J connectivity index is 2.29. The van der Waals surface area contributed by atoms with Crippen LogP contribution in [0.4, 0.5) is 10.1 Å². The standard InChI is InChI=1S/C10H10BrFN4O2S/c11-8-1-7(13)2-9(10(8)12)19(17,18)16-5-6-3-14-15-4-6/h1-4,16H,5,13H2,(H,14,15). The zero-order valence-corrected chi connectivity index (χ0v) is 11.9. The molecule has 19 heavy (non-hydrogen) atoms. The molecule has 0 aliphatic heterocycles. The number of aromatic amines is 1. The number of halogens is 2. The summed E-state index contributed by atoms with van der Waals surface area (Å²) in [6, 6.07) is 2.36. The lowest BCUT2D eigenvalue weighted by molar-refractivity contribution is 0.554. The van der Waals surface area contributed by atoms with Gasteiger partial charge in [0.2, 0.25) is 10.0 Å². The van der Waals surface area contributed by atoms with Crippen molar-refractivity contribution in [1.29, 1.82) is 0 Å². The van der Waals surface area contributed by atoms with E-state index in [1.165, 1.54) is 18.5 Å². The molecule has 6 nitrogen and oxygen atoms in total. The lowest BCUT2D eigenvalue weighted by Crippen LogP contribution is -2.24. The number of aromatic nitrogens is 2. The number of rotatable bonds is 4. The predicted octanol–water partition coefficient (Wildman–Crippen LogP) is 1.37. The Morgan fingerprint density at radius 1 is 1.47 bits per heavy atom. The number of H-pyrrole nitrogens is 1. The van der Waals surface area contributed by atoms with Gasteiger partial charge in [-0.15, -0.1) is 0 Å². The summed E-state index contributed by atoms with van der Waals surface area (Å²) in [4.78, 5) is -0.497. The first-order chi connectivity index (χ1) is 8.90. The Morgan fingerprint density at radius 3 is 2.84 bits per heavy atom. The summed E-state index contributed by atoms with van der Waals surface area (Å²) in [5.74, 6) is -0.881. The Kier molecular flexibility index (Phi) is 3.88. The van der Waals surface area contributed by atoms with Gasteiger partial charge in [-0.1, -0.05) is 0 Å². The third-order valence-electron chi connectivity index (χ3n) is 2.33. The topological polar surface area (TPSA) is 101 Å². The van der Waals surface area contributed by atoms with E-state index >= 15 is 0 Å². The molecule has 0 fully saturated rings. The van der Waals surface area contributed by atoms with E-state index in [1.807, 2.05) is 0 Å². The number of nitrogens with one attached hydrogen (secondary N) is 2. The van der Waals surface area contributed by atoms with E-state index < -0.39 is 20.7 Å². The molecule has 1 aromatic carbocycles. The maximum absolute atomic E-state index is 13.8. The first-order valence-electron chi connectivity index (χ1n) is 5.12. The average Bonchev–Trinajstić information content (AvgIpc) is 2.84. The second-order valence-electron chi connectivity index (χ2n) is 3.75. The minimum atomic E-state index is -3.99. The van der Waals surface area contributed by atoms with Gasteiger partial charge >= 0.3 is 0 Å². The highest BCUT2D eigenvalue weighted by Gasteiger charge is 2.21. The van der Waals surface area contributed by atoms with Crippen LogP contribution >= 0.6 is 15.9 Å². The average molecular weight is 349 g/mol. The molecule has 0 unspecified atom stereocenters. The summed E-state index contributed by atoms with van der Waals surface area (Å²) < 4.78 is 40.1. The van der Waals surface area contributed by atoms with Crippen LogP contribution in [0, 0.1) is 5.82 Å². The summed E-state index contributed by atoms with van der Waals surface area (Å²) in [5, 5.41) is 6.23. The largest absolute Gasteiger partial charge is 0.399 e. The van der Waals surface area contributed by atoms with Gasteiger partial charge in [-0.3, -0.25) is 5.10 Å². The maximum Gasteiger partial charge on any atom is 0.243 e. The van der Waals surface area contributed by atoms with Gasteiger partial charge in [-0.05, 0) is 28.1 Å². The molecule has 2 rings (SSSR count). The number of nitrogens with zero attached hydrogens (tertiary/aromatic N) is 1. The highest BCUT2D eigenvalue weighted by Crippen LogP contribution is 2.26. The summed E-state index contributed by atoms with van der Waals surface area (Å²) >= 11 is 2.92. The van der Waals surface area contributed by atoms with Crippen LogP contribution in [0.1, 0.15) is 5.56 Å². The van der Waals surface area contributed by atoms with Crippen molar-refractivity contribution in [2.45, 2.75) is 11.4 Å². The van der Waals surface area contributed by atoms with Crippen molar-refractivity contribution in [2.75, 3.05) is 5.73 Å². The summed E-state index contributed by atoms with van der Waals surface area (Å²) in [5.41, 5.74) is 6.29. The van der Waals surface area contributed by atoms with Gasteiger partial charge in [-0.25, -0.2) is 17.5 Å². The molecule has 0 bridgehead atoms. The molecule has 4 N–H and O–H groups in total. The lowest BCUT2D eigenvalue weighted by Gasteiger charge is -2.08. The molecule has 0 radical (unpaired) electrons. The number of hydrogen-bond acceptors (Lipinski definition) is 4. The smallest absolute Gasteiger partial charge is 0.243 e. The molecule has 0 atom stereocenters. The zero-order valence-electron chi connectivity index (χ0n) is 9.52. The highest BCUT2D eigenvalue weighted by atomic mass is 79.9. The van der Waals surface area contributed by atoms with Crippen LogP contribution in [-0.2, 0) is 16.6 Å². The number of hydrogen-bond donors (Lipinski definition) is 3. The lowest BCUT2D eigenvalue weighted by atomic mass is 10.3. The number of anilines is 1. The Labute approximate surface area is 117 Å². The van der Waals surface area contributed by atoms with Crippen molar-refractivity contribution in [3.8, 4) is 0 Å². The minimum absolute atomic E-state index is 0.00353. The molecule has 102 valence electrons. The van der Waals surface area contributed by atoms with Crippen LogP contribution in [0.2, 0.25) is 0 Å². The third-order valence-corrected chi connectivity index (χ3v) is 4.31. The van der Waals surface area contributed by atoms with Gasteiger partial charge in [-0.2, -0.15) is 5.10 Å². The predicted molar refractivity (Wildman–Crippen MR) is 71.1 cm³/mol. The molecule has 0 aliphatic carbocycles. The number of benzene rings is 1. The van der Waals surface area contributed by atoms with Gasteiger partial charge in [0.1, 0.15) is 4.90 Å². The molecule has 1 heterocycles. The van der Waals surface area contributed by atoms with Gasteiger partial charge in [0.15, 0.2) is 5.82 Å². The third kappa shape index (κ3) is 3.11. The van der Waals surface area contributed by atoms with E-state index in [0.29, 0.717) is 5.56 Å². The minimum Gasteiger partial charge on any atom is -0.399 e. The van der Waals surface area contributed by atoms with Crippen molar-refractivity contribution in [3.63, 3.8) is 0 Å². The zero-order chi connectivity index (χ0) is 14.0. The van der Waals surface area contributed by atoms with E-state index in [0.717, 1.165) is 6.07 Å².